The summed E-state index contributed by atoms with van der Waals surface area (Å²) in [5, 5.41) is 1.63. The Labute approximate surface area is 111 Å². The molecule has 0 saturated heterocycles. The smallest absolute Gasteiger partial charge is 0.267 e. The zero-order valence-corrected chi connectivity index (χ0v) is 11.8. The van der Waals surface area contributed by atoms with E-state index in [4.69, 9.17) is 11.6 Å². The Hall–Kier alpha value is -1.15. The average Bonchev–Trinajstić information content (AvgIpc) is 2.28. The first kappa shape index (κ1) is 14.9. The maximum atomic E-state index is 11.8. The molecule has 0 radical (unpaired) electrons. The number of carbonyl (C=O) groups excluding carboxylic acids is 1. The second-order valence-corrected chi connectivity index (χ2v) is 5.98. The molecule has 2 N–H and O–H groups in total. The van der Waals surface area contributed by atoms with E-state index >= 15 is 0 Å². The lowest BCUT2D eigenvalue weighted by atomic mass is 10.2. The molecule has 0 unspecified atom stereocenters. The minimum absolute atomic E-state index is 0.0155. The van der Waals surface area contributed by atoms with Gasteiger partial charge in [-0.2, -0.15) is 0 Å². The number of benzene rings is 1. The lowest BCUT2D eigenvalue weighted by Gasteiger charge is -2.13. The van der Waals surface area contributed by atoms with Crippen LogP contribution in [-0.2, 0) is 10.0 Å². The molecule has 1 rings (SSSR count). The van der Waals surface area contributed by atoms with Crippen molar-refractivity contribution >= 4 is 27.5 Å². The summed E-state index contributed by atoms with van der Waals surface area (Å²) in [4.78, 5) is 11.8. The molecule has 100 valence electrons. The number of nitrogens with one attached hydrogen (secondary N) is 2. The van der Waals surface area contributed by atoms with Crippen LogP contribution in [-0.4, -0.2) is 40.5 Å². The molecular formula is C10H14ClN3O3S. The topological polar surface area (TPSA) is 78.5 Å². The van der Waals surface area contributed by atoms with E-state index in [0.717, 1.165) is 0 Å². The first-order valence-corrected chi connectivity index (χ1v) is 6.85. The third-order valence-electron chi connectivity index (χ3n) is 2.09. The number of rotatable bonds is 4. The molecule has 1 amide bonds. The van der Waals surface area contributed by atoms with Crippen molar-refractivity contribution in [1.82, 2.24) is 15.2 Å². The van der Waals surface area contributed by atoms with Crippen LogP contribution in [0.2, 0.25) is 5.02 Å². The minimum atomic E-state index is -3.60. The summed E-state index contributed by atoms with van der Waals surface area (Å²) < 4.78 is 25.4. The summed E-state index contributed by atoms with van der Waals surface area (Å²) in [7, 11) is 0.971. The lowest BCUT2D eigenvalue weighted by Crippen LogP contribution is -2.36. The van der Waals surface area contributed by atoms with Crippen LogP contribution in [0.25, 0.3) is 0 Å². The van der Waals surface area contributed by atoms with Crippen LogP contribution in [0, 0.1) is 0 Å². The van der Waals surface area contributed by atoms with E-state index in [2.05, 4.69) is 10.1 Å². The van der Waals surface area contributed by atoms with Crippen molar-refractivity contribution in [2.45, 2.75) is 4.90 Å². The second kappa shape index (κ2) is 5.66. The van der Waals surface area contributed by atoms with Crippen LogP contribution in [0.4, 0.5) is 0 Å². The van der Waals surface area contributed by atoms with Gasteiger partial charge in [0.1, 0.15) is 0 Å². The predicted octanol–water partition coefficient (Wildman–Crippen LogP) is 0.454. The zero-order valence-electron chi connectivity index (χ0n) is 10.2. The third-order valence-corrected chi connectivity index (χ3v) is 3.83. The van der Waals surface area contributed by atoms with Crippen LogP contribution in [0.15, 0.2) is 23.1 Å². The number of hydrogen-bond donors (Lipinski definition) is 2. The van der Waals surface area contributed by atoms with Crippen molar-refractivity contribution in [2.24, 2.45) is 0 Å². The SMILES string of the molecule is CNS(=O)(=O)c1ccc(Cl)c(C(=O)NN(C)C)c1. The van der Waals surface area contributed by atoms with Gasteiger partial charge < -0.3 is 0 Å². The Bertz CT molecular complexity index is 557. The van der Waals surface area contributed by atoms with E-state index in [0.29, 0.717) is 0 Å². The largest absolute Gasteiger partial charge is 0.285 e. The van der Waals surface area contributed by atoms with Crippen molar-refractivity contribution in [1.29, 1.82) is 0 Å². The van der Waals surface area contributed by atoms with Gasteiger partial charge in [0.15, 0.2) is 0 Å². The standard InChI is InChI=1S/C10H14ClN3O3S/c1-12-18(16,17)7-4-5-9(11)8(6-7)10(15)13-14(2)3/h4-6,12H,1-3H3,(H,13,15). The molecular weight excluding hydrogens is 278 g/mol. The van der Waals surface area contributed by atoms with E-state index < -0.39 is 15.9 Å². The molecule has 1 aromatic rings. The van der Waals surface area contributed by atoms with Gasteiger partial charge in [0.2, 0.25) is 10.0 Å². The fraction of sp³-hybridized carbons (Fsp3) is 0.300. The molecule has 0 saturated carbocycles. The number of hydrogen-bond acceptors (Lipinski definition) is 4. The van der Waals surface area contributed by atoms with Crippen molar-refractivity contribution in [3.63, 3.8) is 0 Å². The van der Waals surface area contributed by atoms with Gasteiger partial charge in [0, 0.05) is 14.1 Å². The van der Waals surface area contributed by atoms with Gasteiger partial charge in [-0.1, -0.05) is 11.6 Å². The summed E-state index contributed by atoms with van der Waals surface area (Å²) in [5.74, 6) is -0.474. The summed E-state index contributed by atoms with van der Waals surface area (Å²) in [6.45, 7) is 0. The van der Waals surface area contributed by atoms with Gasteiger partial charge in [-0.15, -0.1) is 0 Å². The second-order valence-electron chi connectivity index (χ2n) is 3.68. The molecule has 18 heavy (non-hydrogen) atoms. The summed E-state index contributed by atoms with van der Waals surface area (Å²) in [6.07, 6.45) is 0. The highest BCUT2D eigenvalue weighted by molar-refractivity contribution is 7.89. The van der Waals surface area contributed by atoms with Gasteiger partial charge >= 0.3 is 0 Å². The van der Waals surface area contributed by atoms with Gasteiger partial charge in [0.25, 0.3) is 5.91 Å². The van der Waals surface area contributed by atoms with Crippen molar-refractivity contribution < 1.29 is 13.2 Å². The van der Waals surface area contributed by atoms with Crippen LogP contribution < -0.4 is 10.1 Å². The molecule has 0 aliphatic carbocycles. The molecule has 6 nitrogen and oxygen atoms in total. The van der Waals surface area contributed by atoms with Crippen molar-refractivity contribution in [3.05, 3.63) is 28.8 Å². The van der Waals surface area contributed by atoms with E-state index in [-0.39, 0.29) is 15.5 Å². The third kappa shape index (κ3) is 3.42. The lowest BCUT2D eigenvalue weighted by molar-refractivity contribution is 0.0857. The molecule has 0 aliphatic heterocycles. The normalized spacial score (nSPS) is 11.6. The van der Waals surface area contributed by atoms with Gasteiger partial charge in [-0.25, -0.2) is 18.1 Å². The molecule has 0 fully saturated rings. The maximum Gasteiger partial charge on any atom is 0.267 e. The minimum Gasteiger partial charge on any atom is -0.285 e. The van der Waals surface area contributed by atoms with Crippen LogP contribution in [0.5, 0.6) is 0 Å². The zero-order chi connectivity index (χ0) is 13.9. The summed E-state index contributed by atoms with van der Waals surface area (Å²) >= 11 is 5.87. The monoisotopic (exact) mass is 291 g/mol. The Morgan fingerprint density at radius 1 is 1.33 bits per heavy atom. The number of sulfonamides is 1. The molecule has 0 atom stereocenters. The number of amides is 1. The average molecular weight is 292 g/mol. The molecule has 0 bridgehead atoms. The number of carbonyl (C=O) groups is 1. The Morgan fingerprint density at radius 3 is 2.44 bits per heavy atom. The first-order valence-electron chi connectivity index (χ1n) is 4.99. The summed E-state index contributed by atoms with van der Waals surface area (Å²) in [6, 6.07) is 3.93. The Morgan fingerprint density at radius 2 is 1.94 bits per heavy atom. The van der Waals surface area contributed by atoms with E-state index in [1.165, 1.54) is 30.3 Å². The quantitative estimate of drug-likeness (QED) is 0.790. The van der Waals surface area contributed by atoms with Crippen molar-refractivity contribution in [3.8, 4) is 0 Å². The highest BCUT2D eigenvalue weighted by Gasteiger charge is 2.17. The van der Waals surface area contributed by atoms with Gasteiger partial charge in [-0.3, -0.25) is 10.2 Å². The van der Waals surface area contributed by atoms with E-state index in [1.54, 1.807) is 14.1 Å². The number of nitrogens with zero attached hydrogens (tertiary/aromatic N) is 1. The molecule has 0 aromatic heterocycles. The predicted molar refractivity (Wildman–Crippen MR) is 68.9 cm³/mol. The maximum absolute atomic E-state index is 11.8. The molecule has 0 spiro atoms. The fourth-order valence-electron chi connectivity index (χ4n) is 1.23. The molecule has 0 heterocycles. The van der Waals surface area contributed by atoms with E-state index in [1.807, 2.05) is 0 Å². The molecule has 8 heteroatoms. The fourth-order valence-corrected chi connectivity index (χ4v) is 2.19. The highest BCUT2D eigenvalue weighted by Crippen LogP contribution is 2.20. The Kier molecular flexibility index (Phi) is 4.69. The van der Waals surface area contributed by atoms with Gasteiger partial charge in [0.05, 0.1) is 15.5 Å². The molecule has 1 aromatic carbocycles. The number of hydrazine groups is 1. The highest BCUT2D eigenvalue weighted by atomic mass is 35.5. The van der Waals surface area contributed by atoms with Crippen molar-refractivity contribution in [2.75, 3.05) is 21.1 Å². The van der Waals surface area contributed by atoms with Gasteiger partial charge in [-0.05, 0) is 25.2 Å². The van der Waals surface area contributed by atoms with Crippen LogP contribution in [0.1, 0.15) is 10.4 Å². The summed E-state index contributed by atoms with van der Waals surface area (Å²) in [5.41, 5.74) is 2.59. The Balaban J connectivity index is 3.21. The number of halogens is 1. The van der Waals surface area contributed by atoms with E-state index in [9.17, 15) is 13.2 Å². The first-order chi connectivity index (χ1) is 8.27. The molecule has 0 aliphatic rings. The van der Waals surface area contributed by atoms with Crippen LogP contribution in [0.3, 0.4) is 0 Å². The van der Waals surface area contributed by atoms with Crippen LogP contribution >= 0.6 is 11.6 Å².